The summed E-state index contributed by atoms with van der Waals surface area (Å²) in [5.41, 5.74) is 1.01. The molecule has 0 spiro atoms. The van der Waals surface area contributed by atoms with Gasteiger partial charge in [0.05, 0.1) is 12.2 Å². The second-order valence-electron chi connectivity index (χ2n) is 3.40. The molecule has 0 aliphatic rings. The minimum Gasteiger partial charge on any atom is -0.462 e. The van der Waals surface area contributed by atoms with E-state index in [-0.39, 0.29) is 12.2 Å². The molecule has 0 radical (unpaired) electrons. The fraction of sp³-hybridized carbons (Fsp3) is 0.333. The van der Waals surface area contributed by atoms with Crippen LogP contribution in [0.3, 0.4) is 0 Å². The van der Waals surface area contributed by atoms with E-state index >= 15 is 0 Å². The number of hydrogen-bond acceptors (Lipinski definition) is 3. The number of Topliss-reactive ketones (excluding diaryl/α,β-unsaturated/α-hetero) is 1. The number of benzene rings is 1. The standard InChI is InChI=1S/C12H13ClO3/c1-3-16-12(15)11-7-10(13)5-4-9(11)6-8(2)14/h4-5,7H,3,6H2,1-2H3. The first kappa shape index (κ1) is 12.7. The Morgan fingerprint density at radius 1 is 1.38 bits per heavy atom. The number of ether oxygens (including phenoxy) is 1. The molecule has 0 N–H and O–H groups in total. The fourth-order valence-electron chi connectivity index (χ4n) is 1.37. The van der Waals surface area contributed by atoms with Crippen LogP contribution in [0.15, 0.2) is 18.2 Å². The van der Waals surface area contributed by atoms with Crippen LogP contribution < -0.4 is 0 Å². The Kier molecular flexibility index (Phi) is 4.50. The van der Waals surface area contributed by atoms with Crippen molar-refractivity contribution >= 4 is 23.4 Å². The first-order chi connectivity index (χ1) is 7.54. The Balaban J connectivity index is 3.07. The third-order valence-electron chi connectivity index (χ3n) is 2.01. The van der Waals surface area contributed by atoms with Gasteiger partial charge < -0.3 is 4.74 Å². The van der Waals surface area contributed by atoms with Gasteiger partial charge in [0, 0.05) is 11.4 Å². The third-order valence-corrected chi connectivity index (χ3v) is 2.24. The topological polar surface area (TPSA) is 43.4 Å². The van der Waals surface area contributed by atoms with E-state index in [1.54, 1.807) is 19.1 Å². The molecule has 0 heterocycles. The van der Waals surface area contributed by atoms with Gasteiger partial charge in [0.15, 0.2) is 0 Å². The van der Waals surface area contributed by atoms with Gasteiger partial charge in [-0.25, -0.2) is 4.79 Å². The lowest BCUT2D eigenvalue weighted by Gasteiger charge is -2.07. The largest absolute Gasteiger partial charge is 0.462 e. The van der Waals surface area contributed by atoms with Crippen LogP contribution >= 0.6 is 11.6 Å². The lowest BCUT2D eigenvalue weighted by molar-refractivity contribution is -0.116. The fourth-order valence-corrected chi connectivity index (χ4v) is 1.54. The van der Waals surface area contributed by atoms with Crippen molar-refractivity contribution in [3.8, 4) is 0 Å². The van der Waals surface area contributed by atoms with E-state index in [1.807, 2.05) is 0 Å². The molecule has 0 saturated carbocycles. The molecule has 0 saturated heterocycles. The Hall–Kier alpha value is -1.35. The highest BCUT2D eigenvalue weighted by Gasteiger charge is 2.14. The lowest BCUT2D eigenvalue weighted by Crippen LogP contribution is -2.10. The van der Waals surface area contributed by atoms with E-state index < -0.39 is 5.97 Å². The van der Waals surface area contributed by atoms with Crippen LogP contribution in [0.1, 0.15) is 29.8 Å². The molecule has 0 aliphatic heterocycles. The predicted octanol–water partition coefficient (Wildman–Crippen LogP) is 2.65. The van der Waals surface area contributed by atoms with Gasteiger partial charge in [0.25, 0.3) is 0 Å². The zero-order valence-corrected chi connectivity index (χ0v) is 10.0. The number of halogens is 1. The van der Waals surface area contributed by atoms with Gasteiger partial charge in [-0.05, 0) is 31.5 Å². The van der Waals surface area contributed by atoms with E-state index in [0.717, 1.165) is 0 Å². The molecule has 3 nitrogen and oxygen atoms in total. The van der Waals surface area contributed by atoms with Crippen molar-refractivity contribution in [1.29, 1.82) is 0 Å². The first-order valence-electron chi connectivity index (χ1n) is 4.99. The molecular formula is C12H13ClO3. The van der Waals surface area contributed by atoms with E-state index in [9.17, 15) is 9.59 Å². The molecule has 4 heteroatoms. The summed E-state index contributed by atoms with van der Waals surface area (Å²) in [5, 5.41) is 0.454. The normalized spacial score (nSPS) is 9.94. The van der Waals surface area contributed by atoms with Crippen molar-refractivity contribution in [1.82, 2.24) is 0 Å². The van der Waals surface area contributed by atoms with Gasteiger partial charge in [0.1, 0.15) is 5.78 Å². The molecule has 0 atom stereocenters. The molecular weight excluding hydrogens is 228 g/mol. The Morgan fingerprint density at radius 3 is 2.62 bits per heavy atom. The minimum absolute atomic E-state index is 0.00660. The van der Waals surface area contributed by atoms with Crippen molar-refractivity contribution in [2.45, 2.75) is 20.3 Å². The van der Waals surface area contributed by atoms with Gasteiger partial charge in [-0.1, -0.05) is 17.7 Å². The Morgan fingerprint density at radius 2 is 2.06 bits per heavy atom. The molecule has 0 aromatic heterocycles. The maximum absolute atomic E-state index is 11.6. The molecule has 86 valence electrons. The zero-order chi connectivity index (χ0) is 12.1. The summed E-state index contributed by atoms with van der Waals surface area (Å²) in [7, 11) is 0. The van der Waals surface area contributed by atoms with Crippen LogP contribution in [-0.4, -0.2) is 18.4 Å². The van der Waals surface area contributed by atoms with Crippen LogP contribution in [-0.2, 0) is 16.0 Å². The molecule has 0 aliphatic carbocycles. The van der Waals surface area contributed by atoms with Crippen molar-refractivity contribution in [3.05, 3.63) is 34.3 Å². The number of hydrogen-bond donors (Lipinski definition) is 0. The number of carbonyl (C=O) groups excluding carboxylic acids is 2. The third kappa shape index (κ3) is 3.35. The monoisotopic (exact) mass is 240 g/mol. The number of carbonyl (C=O) groups is 2. The average molecular weight is 241 g/mol. The summed E-state index contributed by atoms with van der Waals surface area (Å²) >= 11 is 5.80. The van der Waals surface area contributed by atoms with Gasteiger partial charge in [-0.3, -0.25) is 4.79 Å². The van der Waals surface area contributed by atoms with Gasteiger partial charge >= 0.3 is 5.97 Å². The van der Waals surface area contributed by atoms with E-state index in [0.29, 0.717) is 22.8 Å². The van der Waals surface area contributed by atoms with Crippen molar-refractivity contribution < 1.29 is 14.3 Å². The molecule has 0 bridgehead atoms. The van der Waals surface area contributed by atoms with E-state index in [2.05, 4.69) is 0 Å². The van der Waals surface area contributed by atoms with Crippen LogP contribution in [0.2, 0.25) is 5.02 Å². The van der Waals surface area contributed by atoms with Crippen molar-refractivity contribution in [3.63, 3.8) is 0 Å². The van der Waals surface area contributed by atoms with Crippen molar-refractivity contribution in [2.24, 2.45) is 0 Å². The molecule has 0 fully saturated rings. The summed E-state index contributed by atoms with van der Waals surface area (Å²) in [6.45, 7) is 3.50. The highest BCUT2D eigenvalue weighted by atomic mass is 35.5. The minimum atomic E-state index is -0.443. The zero-order valence-electron chi connectivity index (χ0n) is 9.25. The number of ketones is 1. The highest BCUT2D eigenvalue weighted by Crippen LogP contribution is 2.18. The SMILES string of the molecule is CCOC(=O)c1cc(Cl)ccc1CC(C)=O. The van der Waals surface area contributed by atoms with Gasteiger partial charge in [-0.2, -0.15) is 0 Å². The highest BCUT2D eigenvalue weighted by molar-refractivity contribution is 6.31. The number of rotatable bonds is 4. The smallest absolute Gasteiger partial charge is 0.338 e. The van der Waals surface area contributed by atoms with Crippen molar-refractivity contribution in [2.75, 3.05) is 6.61 Å². The average Bonchev–Trinajstić information content (AvgIpc) is 2.20. The summed E-state index contributed by atoms with van der Waals surface area (Å²) in [6.07, 6.45) is 0.214. The summed E-state index contributed by atoms with van der Waals surface area (Å²) in [6, 6.07) is 4.86. The number of esters is 1. The molecule has 1 rings (SSSR count). The summed E-state index contributed by atoms with van der Waals surface area (Å²) in [5.74, 6) is -0.450. The quantitative estimate of drug-likeness (QED) is 0.760. The predicted molar refractivity (Wildman–Crippen MR) is 61.8 cm³/mol. The molecule has 0 amide bonds. The van der Waals surface area contributed by atoms with Crippen LogP contribution in [0.5, 0.6) is 0 Å². The van der Waals surface area contributed by atoms with Gasteiger partial charge in [0.2, 0.25) is 0 Å². The van der Waals surface area contributed by atoms with Crippen LogP contribution in [0, 0.1) is 0 Å². The summed E-state index contributed by atoms with van der Waals surface area (Å²) < 4.78 is 4.90. The van der Waals surface area contributed by atoms with E-state index in [1.165, 1.54) is 13.0 Å². The molecule has 1 aromatic carbocycles. The van der Waals surface area contributed by atoms with E-state index in [4.69, 9.17) is 16.3 Å². The van der Waals surface area contributed by atoms with Crippen LogP contribution in [0.4, 0.5) is 0 Å². The maximum atomic E-state index is 11.6. The molecule has 1 aromatic rings. The molecule has 0 unspecified atom stereocenters. The second-order valence-corrected chi connectivity index (χ2v) is 3.84. The Bertz CT molecular complexity index is 413. The maximum Gasteiger partial charge on any atom is 0.338 e. The first-order valence-corrected chi connectivity index (χ1v) is 5.37. The molecule has 16 heavy (non-hydrogen) atoms. The Labute approximate surface area is 99.4 Å². The van der Waals surface area contributed by atoms with Gasteiger partial charge in [-0.15, -0.1) is 0 Å². The lowest BCUT2D eigenvalue weighted by atomic mass is 10.0. The van der Waals surface area contributed by atoms with Crippen LogP contribution in [0.25, 0.3) is 0 Å². The second kappa shape index (κ2) is 5.66. The summed E-state index contributed by atoms with van der Waals surface area (Å²) in [4.78, 5) is 22.7.